The van der Waals surface area contributed by atoms with E-state index in [0.717, 1.165) is 24.0 Å². The number of carbonyl (C=O) groups excluding carboxylic acids is 2. The van der Waals surface area contributed by atoms with E-state index in [1.54, 1.807) is 0 Å². The summed E-state index contributed by atoms with van der Waals surface area (Å²) in [5.41, 5.74) is 3.06. The van der Waals surface area contributed by atoms with Gasteiger partial charge in [0.25, 0.3) is 0 Å². The summed E-state index contributed by atoms with van der Waals surface area (Å²) >= 11 is 0. The highest BCUT2D eigenvalue weighted by atomic mass is 16.2. The lowest BCUT2D eigenvalue weighted by atomic mass is 10.0. The highest BCUT2D eigenvalue weighted by Crippen LogP contribution is 2.33. The fourth-order valence-corrected chi connectivity index (χ4v) is 2.28. The Labute approximate surface area is 107 Å². The second-order valence-corrected chi connectivity index (χ2v) is 4.38. The molecular formula is C15H17NO2. The van der Waals surface area contributed by atoms with Gasteiger partial charge in [0.05, 0.1) is 5.70 Å². The first kappa shape index (κ1) is 12.6. The molecule has 1 aliphatic rings. The van der Waals surface area contributed by atoms with Crippen LogP contribution in [0.25, 0.3) is 5.57 Å². The van der Waals surface area contributed by atoms with E-state index in [4.69, 9.17) is 0 Å². The summed E-state index contributed by atoms with van der Waals surface area (Å²) in [4.78, 5) is 23.9. The van der Waals surface area contributed by atoms with E-state index in [9.17, 15) is 9.59 Å². The van der Waals surface area contributed by atoms with Crippen molar-refractivity contribution >= 4 is 17.3 Å². The maximum Gasteiger partial charge on any atom is 0.224 e. The van der Waals surface area contributed by atoms with Crippen molar-refractivity contribution in [3.05, 3.63) is 41.1 Å². The molecule has 3 heteroatoms. The van der Waals surface area contributed by atoms with Gasteiger partial charge in [-0.15, -0.1) is 0 Å². The lowest BCUT2D eigenvalue weighted by Gasteiger charge is -2.06. The number of allylic oxidation sites excluding steroid dienone is 2. The van der Waals surface area contributed by atoms with Crippen LogP contribution in [0.4, 0.5) is 0 Å². The fraction of sp³-hybridized carbons (Fsp3) is 0.333. The van der Waals surface area contributed by atoms with Crippen molar-refractivity contribution in [2.75, 3.05) is 0 Å². The van der Waals surface area contributed by atoms with Crippen molar-refractivity contribution in [1.82, 2.24) is 5.32 Å². The lowest BCUT2D eigenvalue weighted by Crippen LogP contribution is -2.26. The smallest absolute Gasteiger partial charge is 0.224 e. The number of ketones is 1. The first-order valence-electron chi connectivity index (χ1n) is 6.36. The zero-order valence-electron chi connectivity index (χ0n) is 10.7. The zero-order chi connectivity index (χ0) is 13.1. The minimum atomic E-state index is -0.0837. The van der Waals surface area contributed by atoms with E-state index < -0.39 is 0 Å². The summed E-state index contributed by atoms with van der Waals surface area (Å²) in [5, 5.41) is 2.77. The van der Waals surface area contributed by atoms with Gasteiger partial charge in [-0.25, -0.2) is 0 Å². The van der Waals surface area contributed by atoms with Crippen molar-refractivity contribution in [1.29, 1.82) is 0 Å². The van der Waals surface area contributed by atoms with Crippen molar-refractivity contribution in [2.45, 2.75) is 33.1 Å². The molecule has 0 aliphatic heterocycles. The number of hydrogen-bond acceptors (Lipinski definition) is 2. The number of amides is 1. The third-order valence-electron chi connectivity index (χ3n) is 3.12. The summed E-state index contributed by atoms with van der Waals surface area (Å²) in [6.07, 6.45) is 1.97. The van der Waals surface area contributed by atoms with Crippen LogP contribution in [0, 0.1) is 0 Å². The highest BCUT2D eigenvalue weighted by Gasteiger charge is 2.28. The van der Waals surface area contributed by atoms with Crippen molar-refractivity contribution in [3.8, 4) is 0 Å². The first-order chi connectivity index (χ1) is 8.69. The van der Waals surface area contributed by atoms with Gasteiger partial charge in [-0.1, -0.05) is 38.1 Å². The van der Waals surface area contributed by atoms with Gasteiger partial charge in [0, 0.05) is 12.0 Å². The molecule has 0 spiro atoms. The van der Waals surface area contributed by atoms with Gasteiger partial charge in [-0.3, -0.25) is 9.59 Å². The van der Waals surface area contributed by atoms with Crippen molar-refractivity contribution in [3.63, 3.8) is 0 Å². The average molecular weight is 243 g/mol. The van der Waals surface area contributed by atoms with Crippen molar-refractivity contribution in [2.24, 2.45) is 0 Å². The van der Waals surface area contributed by atoms with Gasteiger partial charge >= 0.3 is 0 Å². The largest absolute Gasteiger partial charge is 0.323 e. The molecule has 18 heavy (non-hydrogen) atoms. The Morgan fingerprint density at radius 2 is 1.83 bits per heavy atom. The van der Waals surface area contributed by atoms with Crippen LogP contribution in [-0.4, -0.2) is 11.7 Å². The number of nitrogens with one attached hydrogen (secondary N) is 1. The monoisotopic (exact) mass is 243 g/mol. The molecule has 0 atom stereocenters. The molecule has 0 saturated heterocycles. The van der Waals surface area contributed by atoms with Crippen LogP contribution < -0.4 is 5.32 Å². The summed E-state index contributed by atoms with van der Waals surface area (Å²) in [7, 11) is 0. The topological polar surface area (TPSA) is 46.2 Å². The quantitative estimate of drug-likeness (QED) is 0.883. The number of benzene rings is 1. The Hall–Kier alpha value is -1.90. The van der Waals surface area contributed by atoms with Crippen LogP contribution in [0.2, 0.25) is 0 Å². The zero-order valence-corrected chi connectivity index (χ0v) is 10.7. The van der Waals surface area contributed by atoms with Crippen LogP contribution in [0.15, 0.2) is 30.0 Å². The Morgan fingerprint density at radius 3 is 2.44 bits per heavy atom. The molecule has 0 aromatic heterocycles. The Balaban J connectivity index is 2.35. The number of hydrogen-bond donors (Lipinski definition) is 1. The number of rotatable bonds is 4. The normalized spacial score (nSPS) is 13.8. The van der Waals surface area contributed by atoms with E-state index in [0.29, 0.717) is 17.7 Å². The molecule has 1 amide bonds. The molecule has 1 N–H and O–H groups in total. The number of Topliss-reactive ketones (excluding diaryl/α,β-unsaturated/α-hetero) is 1. The van der Waals surface area contributed by atoms with E-state index in [1.807, 2.05) is 38.1 Å². The molecule has 3 nitrogen and oxygen atoms in total. The van der Waals surface area contributed by atoms with E-state index in [1.165, 1.54) is 0 Å². The maximum atomic E-state index is 12.2. The lowest BCUT2D eigenvalue weighted by molar-refractivity contribution is -0.120. The van der Waals surface area contributed by atoms with Crippen molar-refractivity contribution < 1.29 is 9.59 Å². The first-order valence-corrected chi connectivity index (χ1v) is 6.36. The molecule has 1 aromatic rings. The van der Waals surface area contributed by atoms with Crippen LogP contribution >= 0.6 is 0 Å². The van der Waals surface area contributed by atoms with Gasteiger partial charge < -0.3 is 5.32 Å². The van der Waals surface area contributed by atoms with E-state index >= 15 is 0 Å². The standard InChI is InChI=1S/C15H17NO2/c1-3-7-13(17)16-14-10(4-2)11-8-5-6-9-12(11)15(14)18/h5-6,8-9H,3-4,7H2,1-2H3,(H,16,17,18). The molecule has 0 unspecified atom stereocenters. The predicted octanol–water partition coefficient (Wildman–Crippen LogP) is 2.92. The molecule has 1 aliphatic carbocycles. The van der Waals surface area contributed by atoms with Crippen LogP contribution in [-0.2, 0) is 4.79 Å². The highest BCUT2D eigenvalue weighted by molar-refractivity contribution is 6.21. The van der Waals surface area contributed by atoms with Gasteiger partial charge in [-0.05, 0) is 24.0 Å². The molecule has 0 radical (unpaired) electrons. The molecule has 0 heterocycles. The molecular weight excluding hydrogens is 226 g/mol. The molecule has 0 bridgehead atoms. The SMILES string of the molecule is CCCC(=O)NC1=C(CC)c2ccccc2C1=O. The predicted molar refractivity (Wildman–Crippen MR) is 71.0 cm³/mol. The third-order valence-corrected chi connectivity index (χ3v) is 3.12. The maximum absolute atomic E-state index is 12.2. The Bertz CT molecular complexity index is 529. The van der Waals surface area contributed by atoms with Gasteiger partial charge in [0.1, 0.15) is 0 Å². The summed E-state index contributed by atoms with van der Waals surface area (Å²) in [6.45, 7) is 3.94. The van der Waals surface area contributed by atoms with E-state index in [-0.39, 0.29) is 11.7 Å². The molecule has 0 saturated carbocycles. The molecule has 94 valence electrons. The summed E-state index contributed by atoms with van der Waals surface area (Å²) in [6, 6.07) is 7.51. The van der Waals surface area contributed by atoms with Gasteiger partial charge in [-0.2, -0.15) is 0 Å². The third kappa shape index (κ3) is 2.08. The minimum absolute atomic E-state index is 0.0631. The van der Waals surface area contributed by atoms with Gasteiger partial charge in [0.2, 0.25) is 11.7 Å². The minimum Gasteiger partial charge on any atom is -0.323 e. The second-order valence-electron chi connectivity index (χ2n) is 4.38. The molecule has 1 aromatic carbocycles. The van der Waals surface area contributed by atoms with Crippen LogP contribution in [0.1, 0.15) is 49.0 Å². The van der Waals surface area contributed by atoms with Crippen LogP contribution in [0.5, 0.6) is 0 Å². The van der Waals surface area contributed by atoms with Gasteiger partial charge in [0.15, 0.2) is 0 Å². The molecule has 0 fully saturated rings. The summed E-state index contributed by atoms with van der Waals surface area (Å²) in [5.74, 6) is -0.147. The van der Waals surface area contributed by atoms with E-state index in [2.05, 4.69) is 5.32 Å². The fourth-order valence-electron chi connectivity index (χ4n) is 2.28. The summed E-state index contributed by atoms with van der Waals surface area (Å²) < 4.78 is 0. The number of carbonyl (C=O) groups is 2. The Morgan fingerprint density at radius 1 is 1.17 bits per heavy atom. The van der Waals surface area contributed by atoms with Crippen LogP contribution in [0.3, 0.4) is 0 Å². The average Bonchev–Trinajstić information content (AvgIpc) is 2.63. The number of fused-ring (bicyclic) bond motifs is 1. The second kappa shape index (κ2) is 5.17. The molecule has 2 rings (SSSR count). The Kier molecular flexibility index (Phi) is 3.60.